The van der Waals surface area contributed by atoms with Gasteiger partial charge in [0.05, 0.1) is 0 Å². The summed E-state index contributed by atoms with van der Waals surface area (Å²) in [6.45, 7) is 9.80. The number of carbonyl (C=O) groups is 1. The molecule has 3 atom stereocenters. The number of ether oxygens (including phenoxy) is 1. The predicted octanol–water partition coefficient (Wildman–Crippen LogP) is 3.02. The summed E-state index contributed by atoms with van der Waals surface area (Å²) in [6, 6.07) is 0. The molecule has 0 aromatic heterocycles. The van der Waals surface area contributed by atoms with Gasteiger partial charge in [0.25, 0.3) is 0 Å². The quantitative estimate of drug-likeness (QED) is 0.260. The normalized spacial score (nSPS) is 35.4. The third-order valence-electron chi connectivity index (χ3n) is 3.95. The Morgan fingerprint density at radius 1 is 1.47 bits per heavy atom. The van der Waals surface area contributed by atoms with Gasteiger partial charge in [-0.05, 0) is 31.8 Å². The molecule has 1 N–H and O–H groups in total. The van der Waals surface area contributed by atoms with Crippen LogP contribution >= 0.6 is 0 Å². The molecule has 1 heterocycles. The first-order valence-corrected chi connectivity index (χ1v) is 6.56. The molecule has 0 aromatic carbocycles. The van der Waals surface area contributed by atoms with Crippen molar-refractivity contribution in [3.05, 3.63) is 36.0 Å². The van der Waals surface area contributed by atoms with Gasteiger partial charge in [-0.1, -0.05) is 24.8 Å². The number of allylic oxidation sites excluding steroid dienone is 1. The second kappa shape index (κ2) is 5.72. The van der Waals surface area contributed by atoms with Gasteiger partial charge in [0.15, 0.2) is 0 Å². The van der Waals surface area contributed by atoms with Gasteiger partial charge in [0.2, 0.25) is 0 Å². The standard InChI is InChI=1S/C15H20O4/c1-9-5-4-6-10(2)13(19-17)8-12-11(3)15(16)18-14(12)7-9/h5,12-14,17H,2-4,6-8H2,1H3/b9-5+/t12-,13+,14+/m1/s1. The molecule has 0 amide bonds. The van der Waals surface area contributed by atoms with Gasteiger partial charge < -0.3 is 4.74 Å². The van der Waals surface area contributed by atoms with Crippen molar-refractivity contribution in [1.29, 1.82) is 0 Å². The van der Waals surface area contributed by atoms with E-state index in [9.17, 15) is 4.79 Å². The predicted molar refractivity (Wildman–Crippen MR) is 71.4 cm³/mol. The van der Waals surface area contributed by atoms with Crippen molar-refractivity contribution in [3.8, 4) is 0 Å². The fraction of sp³-hybridized carbons (Fsp3) is 0.533. The van der Waals surface area contributed by atoms with Crippen molar-refractivity contribution in [2.24, 2.45) is 5.92 Å². The zero-order valence-corrected chi connectivity index (χ0v) is 11.2. The zero-order chi connectivity index (χ0) is 14.0. The molecule has 1 fully saturated rings. The molecule has 4 heteroatoms. The van der Waals surface area contributed by atoms with Gasteiger partial charge >= 0.3 is 5.97 Å². The molecule has 1 aliphatic carbocycles. The van der Waals surface area contributed by atoms with Gasteiger partial charge in [0, 0.05) is 17.9 Å². The van der Waals surface area contributed by atoms with Crippen LogP contribution in [0.25, 0.3) is 0 Å². The summed E-state index contributed by atoms with van der Waals surface area (Å²) in [5.41, 5.74) is 2.50. The Labute approximate surface area is 113 Å². The van der Waals surface area contributed by atoms with Crippen molar-refractivity contribution in [2.75, 3.05) is 0 Å². The average Bonchev–Trinajstić information content (AvgIpc) is 2.62. The highest BCUT2D eigenvalue weighted by Crippen LogP contribution is 2.36. The van der Waals surface area contributed by atoms with Crippen molar-refractivity contribution in [2.45, 2.75) is 44.8 Å². The van der Waals surface area contributed by atoms with Crippen LogP contribution in [-0.2, 0) is 14.4 Å². The number of esters is 1. The van der Waals surface area contributed by atoms with Gasteiger partial charge in [0.1, 0.15) is 12.2 Å². The van der Waals surface area contributed by atoms with Gasteiger partial charge in [-0.3, -0.25) is 5.26 Å². The Kier molecular flexibility index (Phi) is 4.22. The lowest BCUT2D eigenvalue weighted by Gasteiger charge is -2.24. The first kappa shape index (κ1) is 14.0. The van der Waals surface area contributed by atoms with Gasteiger partial charge in [-0.15, -0.1) is 0 Å². The summed E-state index contributed by atoms with van der Waals surface area (Å²) in [5, 5.41) is 9.03. The molecule has 104 valence electrons. The molecule has 2 aliphatic rings. The molecule has 2 rings (SSSR count). The third kappa shape index (κ3) is 2.96. The van der Waals surface area contributed by atoms with E-state index in [2.05, 4.69) is 24.1 Å². The minimum Gasteiger partial charge on any atom is -0.458 e. The molecule has 0 radical (unpaired) electrons. The lowest BCUT2D eigenvalue weighted by Crippen LogP contribution is -2.25. The molecular weight excluding hydrogens is 244 g/mol. The second-order valence-electron chi connectivity index (χ2n) is 5.36. The lowest BCUT2D eigenvalue weighted by atomic mass is 9.84. The fourth-order valence-corrected chi connectivity index (χ4v) is 2.73. The van der Waals surface area contributed by atoms with E-state index in [0.29, 0.717) is 18.4 Å². The summed E-state index contributed by atoms with van der Waals surface area (Å²) in [6.07, 6.45) is 4.26. The highest BCUT2D eigenvalue weighted by molar-refractivity contribution is 5.90. The van der Waals surface area contributed by atoms with Crippen LogP contribution < -0.4 is 0 Å². The average molecular weight is 264 g/mol. The van der Waals surface area contributed by atoms with Crippen LogP contribution in [0.15, 0.2) is 36.0 Å². The molecule has 0 spiro atoms. The van der Waals surface area contributed by atoms with Crippen LogP contribution in [-0.4, -0.2) is 23.4 Å². The Bertz CT molecular complexity index is 435. The number of hydrogen-bond donors (Lipinski definition) is 1. The van der Waals surface area contributed by atoms with Crippen LogP contribution in [0.3, 0.4) is 0 Å². The lowest BCUT2D eigenvalue weighted by molar-refractivity contribution is -0.272. The molecule has 0 unspecified atom stereocenters. The monoisotopic (exact) mass is 264 g/mol. The fourth-order valence-electron chi connectivity index (χ4n) is 2.73. The minimum absolute atomic E-state index is 0.122. The highest BCUT2D eigenvalue weighted by atomic mass is 17.1. The van der Waals surface area contributed by atoms with E-state index >= 15 is 0 Å². The maximum atomic E-state index is 11.7. The van der Waals surface area contributed by atoms with Crippen LogP contribution in [0.4, 0.5) is 0 Å². The molecule has 1 aliphatic heterocycles. The topological polar surface area (TPSA) is 55.8 Å². The van der Waals surface area contributed by atoms with E-state index in [-0.39, 0.29) is 18.0 Å². The molecule has 0 aromatic rings. The molecular formula is C15H20O4. The van der Waals surface area contributed by atoms with Gasteiger partial charge in [-0.2, -0.15) is 0 Å². The molecule has 0 bridgehead atoms. The molecule has 0 saturated carbocycles. The van der Waals surface area contributed by atoms with E-state index in [1.165, 1.54) is 5.57 Å². The summed E-state index contributed by atoms with van der Waals surface area (Å²) < 4.78 is 5.36. The van der Waals surface area contributed by atoms with Crippen molar-refractivity contribution < 1.29 is 19.7 Å². The first-order valence-electron chi connectivity index (χ1n) is 6.56. The molecule has 4 nitrogen and oxygen atoms in total. The zero-order valence-electron chi connectivity index (χ0n) is 11.2. The minimum atomic E-state index is -0.467. The number of carbonyl (C=O) groups excluding carboxylic acids is 1. The second-order valence-corrected chi connectivity index (χ2v) is 5.36. The summed E-state index contributed by atoms with van der Waals surface area (Å²) in [7, 11) is 0. The number of hydrogen-bond acceptors (Lipinski definition) is 4. The van der Waals surface area contributed by atoms with Crippen molar-refractivity contribution in [3.63, 3.8) is 0 Å². The SMILES string of the molecule is C=C1CC/C=C(\C)C[C@@H]2OC(=O)C(=C)[C@H]2C[C@@H]1OO. The summed E-state index contributed by atoms with van der Waals surface area (Å²) >= 11 is 0. The third-order valence-corrected chi connectivity index (χ3v) is 3.95. The molecule has 1 saturated heterocycles. The smallest absolute Gasteiger partial charge is 0.334 e. The summed E-state index contributed by atoms with van der Waals surface area (Å²) in [5.74, 6) is -0.466. The van der Waals surface area contributed by atoms with Crippen LogP contribution in [0.2, 0.25) is 0 Å². The van der Waals surface area contributed by atoms with E-state index in [0.717, 1.165) is 18.4 Å². The van der Waals surface area contributed by atoms with Crippen LogP contribution in [0, 0.1) is 5.92 Å². The number of rotatable bonds is 1. The van der Waals surface area contributed by atoms with Crippen LogP contribution in [0.1, 0.15) is 32.6 Å². The van der Waals surface area contributed by atoms with E-state index in [1.807, 2.05) is 6.92 Å². The Hall–Kier alpha value is -1.39. The largest absolute Gasteiger partial charge is 0.458 e. The number of fused-ring (bicyclic) bond motifs is 1. The molecule has 19 heavy (non-hydrogen) atoms. The Morgan fingerprint density at radius 2 is 2.21 bits per heavy atom. The summed E-state index contributed by atoms with van der Waals surface area (Å²) in [4.78, 5) is 16.2. The van der Waals surface area contributed by atoms with E-state index < -0.39 is 6.10 Å². The highest BCUT2D eigenvalue weighted by Gasteiger charge is 2.40. The van der Waals surface area contributed by atoms with Crippen molar-refractivity contribution >= 4 is 5.97 Å². The Morgan fingerprint density at radius 3 is 2.89 bits per heavy atom. The van der Waals surface area contributed by atoms with Crippen molar-refractivity contribution in [1.82, 2.24) is 0 Å². The van der Waals surface area contributed by atoms with Gasteiger partial charge in [-0.25, -0.2) is 9.68 Å². The maximum Gasteiger partial charge on any atom is 0.334 e. The van der Waals surface area contributed by atoms with E-state index in [4.69, 9.17) is 9.99 Å². The first-order chi connectivity index (χ1) is 9.02. The Balaban J connectivity index is 2.26. The van der Waals surface area contributed by atoms with E-state index in [1.54, 1.807) is 0 Å². The maximum absolute atomic E-state index is 11.7. The van der Waals surface area contributed by atoms with Crippen LogP contribution in [0.5, 0.6) is 0 Å².